The van der Waals surface area contributed by atoms with Crippen LogP contribution in [-0.4, -0.2) is 4.98 Å². The van der Waals surface area contributed by atoms with Crippen molar-refractivity contribution < 1.29 is 9.13 Å². The highest BCUT2D eigenvalue weighted by atomic mass is 19.1. The van der Waals surface area contributed by atoms with Crippen LogP contribution in [0.5, 0.6) is 5.75 Å². The maximum Gasteiger partial charge on any atom is 0.141 e. The summed E-state index contributed by atoms with van der Waals surface area (Å²) in [6, 6.07) is 9.01. The van der Waals surface area contributed by atoms with Crippen LogP contribution in [0.4, 0.5) is 4.39 Å². The third kappa shape index (κ3) is 3.51. The first kappa shape index (κ1) is 13.5. The molecule has 2 rings (SSSR count). The quantitative estimate of drug-likeness (QED) is 0.898. The molecule has 0 fully saturated rings. The number of ether oxygens (including phenoxy) is 1. The van der Waals surface area contributed by atoms with E-state index in [1.807, 2.05) is 31.2 Å². The van der Waals surface area contributed by atoms with Gasteiger partial charge in [-0.2, -0.15) is 0 Å². The number of para-hydroxylation sites is 1. The Bertz CT molecular complexity index is 545. The third-order valence-electron chi connectivity index (χ3n) is 2.91. The monoisotopic (exact) mass is 260 g/mol. The number of aromatic nitrogens is 1. The molecule has 0 spiro atoms. The van der Waals surface area contributed by atoms with Crippen LogP contribution >= 0.6 is 0 Å². The molecule has 1 heterocycles. The Labute approximate surface area is 112 Å². The Morgan fingerprint density at radius 2 is 2.11 bits per heavy atom. The van der Waals surface area contributed by atoms with Crippen LogP contribution in [0.25, 0.3) is 0 Å². The van der Waals surface area contributed by atoms with Gasteiger partial charge < -0.3 is 10.5 Å². The average Bonchev–Trinajstić information content (AvgIpc) is 2.45. The van der Waals surface area contributed by atoms with Gasteiger partial charge in [0.05, 0.1) is 6.20 Å². The van der Waals surface area contributed by atoms with Crippen molar-refractivity contribution in [2.45, 2.75) is 26.0 Å². The van der Waals surface area contributed by atoms with Gasteiger partial charge in [-0.15, -0.1) is 0 Å². The molecule has 4 heteroatoms. The Kier molecular flexibility index (Phi) is 4.47. The van der Waals surface area contributed by atoms with E-state index in [2.05, 4.69) is 4.98 Å². The lowest BCUT2D eigenvalue weighted by Gasteiger charge is -2.15. The minimum absolute atomic E-state index is 0.0539. The molecule has 1 aromatic carbocycles. The van der Waals surface area contributed by atoms with Crippen LogP contribution in [0.1, 0.15) is 30.5 Å². The first-order valence-electron chi connectivity index (χ1n) is 6.27. The van der Waals surface area contributed by atoms with Gasteiger partial charge in [0.25, 0.3) is 0 Å². The lowest BCUT2D eigenvalue weighted by molar-refractivity contribution is 0.299. The van der Waals surface area contributed by atoms with Crippen LogP contribution in [-0.2, 0) is 6.61 Å². The number of hydrogen-bond acceptors (Lipinski definition) is 3. The molecule has 100 valence electrons. The van der Waals surface area contributed by atoms with E-state index in [9.17, 15) is 4.39 Å². The molecule has 0 amide bonds. The Hall–Kier alpha value is -1.94. The average molecular weight is 260 g/mol. The third-order valence-corrected chi connectivity index (χ3v) is 2.91. The predicted molar refractivity (Wildman–Crippen MR) is 72.2 cm³/mol. The number of benzene rings is 1. The van der Waals surface area contributed by atoms with Crippen LogP contribution in [0.3, 0.4) is 0 Å². The maximum atomic E-state index is 13.0. The number of hydrogen-bond donors (Lipinski definition) is 1. The van der Waals surface area contributed by atoms with Gasteiger partial charge in [-0.1, -0.05) is 25.1 Å². The van der Waals surface area contributed by atoms with E-state index >= 15 is 0 Å². The highest BCUT2D eigenvalue weighted by Crippen LogP contribution is 2.26. The molecule has 0 bridgehead atoms. The largest absolute Gasteiger partial charge is 0.489 e. The van der Waals surface area contributed by atoms with E-state index in [1.54, 1.807) is 6.20 Å². The van der Waals surface area contributed by atoms with Gasteiger partial charge >= 0.3 is 0 Å². The fraction of sp³-hybridized carbons (Fsp3) is 0.267. The van der Waals surface area contributed by atoms with Crippen molar-refractivity contribution in [3.8, 4) is 5.75 Å². The normalized spacial score (nSPS) is 12.2. The molecule has 0 aliphatic heterocycles. The van der Waals surface area contributed by atoms with Gasteiger partial charge in [0.1, 0.15) is 18.2 Å². The molecule has 0 aliphatic rings. The van der Waals surface area contributed by atoms with Crippen molar-refractivity contribution in [2.24, 2.45) is 5.73 Å². The summed E-state index contributed by atoms with van der Waals surface area (Å²) in [5.74, 6) is 0.376. The van der Waals surface area contributed by atoms with E-state index < -0.39 is 0 Å². The summed E-state index contributed by atoms with van der Waals surface area (Å²) in [5.41, 5.74) is 7.70. The van der Waals surface area contributed by atoms with Gasteiger partial charge in [0, 0.05) is 23.4 Å². The molecule has 0 aliphatic carbocycles. The number of nitrogens with zero attached hydrogens (tertiary/aromatic N) is 1. The van der Waals surface area contributed by atoms with Crippen LogP contribution in [0, 0.1) is 5.82 Å². The lowest BCUT2D eigenvalue weighted by Crippen LogP contribution is -2.10. The van der Waals surface area contributed by atoms with Gasteiger partial charge in [-0.25, -0.2) is 4.39 Å². The fourth-order valence-electron chi connectivity index (χ4n) is 1.83. The van der Waals surface area contributed by atoms with Crippen molar-refractivity contribution in [3.05, 3.63) is 59.7 Å². The standard InChI is InChI=1S/C15H17FN2O/c1-2-14(17)13-5-3-4-6-15(13)19-10-11-7-12(16)9-18-8-11/h3-9,14H,2,10,17H2,1H3/t14-/m1/s1. The van der Waals surface area contributed by atoms with Gasteiger partial charge in [0.15, 0.2) is 0 Å². The SMILES string of the molecule is CC[C@@H](N)c1ccccc1OCc1cncc(F)c1. The molecule has 0 saturated carbocycles. The van der Waals surface area contributed by atoms with E-state index in [1.165, 1.54) is 12.3 Å². The van der Waals surface area contributed by atoms with Crippen molar-refractivity contribution in [1.82, 2.24) is 4.98 Å². The summed E-state index contributed by atoms with van der Waals surface area (Å²) in [6.07, 6.45) is 3.60. The summed E-state index contributed by atoms with van der Waals surface area (Å²) < 4.78 is 18.7. The molecule has 2 N–H and O–H groups in total. The minimum atomic E-state index is -0.361. The zero-order valence-electron chi connectivity index (χ0n) is 10.8. The van der Waals surface area contributed by atoms with Crippen molar-refractivity contribution in [2.75, 3.05) is 0 Å². The highest BCUT2D eigenvalue weighted by molar-refractivity contribution is 5.35. The van der Waals surface area contributed by atoms with Gasteiger partial charge in [0.2, 0.25) is 0 Å². The number of halogens is 1. The Balaban J connectivity index is 2.11. The topological polar surface area (TPSA) is 48.1 Å². The molecule has 0 saturated heterocycles. The molecular weight excluding hydrogens is 243 g/mol. The van der Waals surface area contributed by atoms with Crippen LogP contribution in [0.15, 0.2) is 42.7 Å². The minimum Gasteiger partial charge on any atom is -0.489 e. The van der Waals surface area contributed by atoms with Gasteiger partial charge in [-0.3, -0.25) is 4.98 Å². The summed E-state index contributed by atoms with van der Waals surface area (Å²) in [7, 11) is 0. The van der Waals surface area contributed by atoms with Crippen LogP contribution in [0.2, 0.25) is 0 Å². The molecule has 19 heavy (non-hydrogen) atoms. The Morgan fingerprint density at radius 3 is 2.84 bits per heavy atom. The summed E-state index contributed by atoms with van der Waals surface area (Å²) in [6.45, 7) is 2.30. The first-order chi connectivity index (χ1) is 9.20. The highest BCUT2D eigenvalue weighted by Gasteiger charge is 2.10. The van der Waals surface area contributed by atoms with E-state index in [4.69, 9.17) is 10.5 Å². The summed E-state index contributed by atoms with van der Waals surface area (Å²) in [5, 5.41) is 0. The Morgan fingerprint density at radius 1 is 1.32 bits per heavy atom. The van der Waals surface area contributed by atoms with E-state index in [0.29, 0.717) is 5.56 Å². The second-order valence-electron chi connectivity index (χ2n) is 4.35. The second kappa shape index (κ2) is 6.29. The zero-order valence-corrected chi connectivity index (χ0v) is 10.8. The molecule has 0 radical (unpaired) electrons. The fourth-order valence-corrected chi connectivity index (χ4v) is 1.83. The number of pyridine rings is 1. The van der Waals surface area contributed by atoms with E-state index in [0.717, 1.165) is 17.7 Å². The second-order valence-corrected chi connectivity index (χ2v) is 4.35. The molecular formula is C15H17FN2O. The molecule has 1 aromatic heterocycles. The molecule has 3 nitrogen and oxygen atoms in total. The van der Waals surface area contributed by atoms with Crippen molar-refractivity contribution >= 4 is 0 Å². The van der Waals surface area contributed by atoms with Crippen LogP contribution < -0.4 is 10.5 Å². The van der Waals surface area contributed by atoms with Gasteiger partial charge in [-0.05, 0) is 18.6 Å². The van der Waals surface area contributed by atoms with Crippen molar-refractivity contribution in [3.63, 3.8) is 0 Å². The number of nitrogens with two attached hydrogens (primary N) is 1. The first-order valence-corrected chi connectivity index (χ1v) is 6.27. The molecule has 1 atom stereocenters. The number of rotatable bonds is 5. The summed E-state index contributed by atoms with van der Waals surface area (Å²) in [4.78, 5) is 3.79. The van der Waals surface area contributed by atoms with E-state index in [-0.39, 0.29) is 18.5 Å². The lowest BCUT2D eigenvalue weighted by atomic mass is 10.0. The maximum absolute atomic E-state index is 13.0. The zero-order chi connectivity index (χ0) is 13.7. The predicted octanol–water partition coefficient (Wildman–Crippen LogP) is 3.21. The molecule has 0 unspecified atom stereocenters. The molecule has 2 aromatic rings. The van der Waals surface area contributed by atoms with Crippen molar-refractivity contribution in [1.29, 1.82) is 0 Å². The summed E-state index contributed by atoms with van der Waals surface area (Å²) >= 11 is 0. The smallest absolute Gasteiger partial charge is 0.141 e.